The third kappa shape index (κ3) is 4.56. The second kappa shape index (κ2) is 6.83. The fourth-order valence-electron chi connectivity index (χ4n) is 2.37. The Kier molecular flexibility index (Phi) is 5.05. The van der Waals surface area contributed by atoms with Crippen LogP contribution in [0.15, 0.2) is 48.5 Å². The Morgan fingerprint density at radius 1 is 1.04 bits per heavy atom. The minimum Gasteiger partial charge on any atom is -0.366 e. The molecule has 0 spiro atoms. The molecule has 0 aliphatic heterocycles. The van der Waals surface area contributed by atoms with E-state index < -0.39 is 17.6 Å². The highest BCUT2D eigenvalue weighted by atomic mass is 19.4. The van der Waals surface area contributed by atoms with Crippen LogP contribution in [0.4, 0.5) is 13.2 Å². The van der Waals surface area contributed by atoms with E-state index in [0.717, 1.165) is 11.6 Å². The maximum Gasteiger partial charge on any atom is 0.416 e. The van der Waals surface area contributed by atoms with Crippen LogP contribution < -0.4 is 5.73 Å². The number of hydrogen-bond acceptors (Lipinski definition) is 2. The van der Waals surface area contributed by atoms with Gasteiger partial charge in [-0.2, -0.15) is 13.2 Å². The molecule has 23 heavy (non-hydrogen) atoms. The quantitative estimate of drug-likeness (QED) is 0.916. The van der Waals surface area contributed by atoms with Crippen molar-refractivity contribution >= 4 is 5.91 Å². The summed E-state index contributed by atoms with van der Waals surface area (Å²) in [6, 6.07) is 12.2. The lowest BCUT2D eigenvalue weighted by Crippen LogP contribution is -2.20. The van der Waals surface area contributed by atoms with Crippen LogP contribution in [0.25, 0.3) is 0 Å². The monoisotopic (exact) mass is 322 g/mol. The molecule has 0 atom stereocenters. The SMILES string of the molecule is CN(Cc1ccc(C(N)=O)cc1)Cc1ccccc1C(F)(F)F. The summed E-state index contributed by atoms with van der Waals surface area (Å²) in [5.41, 5.74) is 6.08. The van der Waals surface area contributed by atoms with Crippen LogP contribution in [-0.2, 0) is 19.3 Å². The normalized spacial score (nSPS) is 11.7. The van der Waals surface area contributed by atoms with E-state index in [1.165, 1.54) is 12.1 Å². The van der Waals surface area contributed by atoms with Gasteiger partial charge in [0.05, 0.1) is 5.56 Å². The van der Waals surface area contributed by atoms with Gasteiger partial charge in [-0.15, -0.1) is 0 Å². The first-order valence-electron chi connectivity index (χ1n) is 7.00. The number of rotatable bonds is 5. The average molecular weight is 322 g/mol. The van der Waals surface area contributed by atoms with Crippen LogP contribution in [0, 0.1) is 0 Å². The zero-order chi connectivity index (χ0) is 17.0. The first-order valence-corrected chi connectivity index (χ1v) is 7.00. The number of benzene rings is 2. The van der Waals surface area contributed by atoms with Crippen molar-refractivity contribution in [1.29, 1.82) is 0 Å². The van der Waals surface area contributed by atoms with Gasteiger partial charge in [-0.3, -0.25) is 9.69 Å². The summed E-state index contributed by atoms with van der Waals surface area (Å²) in [4.78, 5) is 12.8. The molecule has 2 aromatic rings. The molecule has 0 radical (unpaired) electrons. The third-order valence-electron chi connectivity index (χ3n) is 3.45. The molecule has 3 nitrogen and oxygen atoms in total. The van der Waals surface area contributed by atoms with Gasteiger partial charge in [0.15, 0.2) is 0 Å². The molecule has 0 saturated heterocycles. The van der Waals surface area contributed by atoms with Gasteiger partial charge < -0.3 is 5.73 Å². The Balaban J connectivity index is 2.08. The highest BCUT2D eigenvalue weighted by molar-refractivity contribution is 5.92. The van der Waals surface area contributed by atoms with Crippen LogP contribution in [0.1, 0.15) is 27.0 Å². The van der Waals surface area contributed by atoms with Crippen LogP contribution >= 0.6 is 0 Å². The summed E-state index contributed by atoms with van der Waals surface area (Å²) in [6.07, 6.45) is -4.36. The van der Waals surface area contributed by atoms with Crippen molar-refractivity contribution < 1.29 is 18.0 Å². The molecule has 0 saturated carbocycles. The van der Waals surface area contributed by atoms with Crippen LogP contribution in [0.2, 0.25) is 0 Å². The highest BCUT2D eigenvalue weighted by Gasteiger charge is 2.32. The maximum atomic E-state index is 13.0. The summed E-state index contributed by atoms with van der Waals surface area (Å²) in [7, 11) is 1.75. The molecule has 2 rings (SSSR count). The van der Waals surface area contributed by atoms with Gasteiger partial charge in [0.25, 0.3) is 0 Å². The van der Waals surface area contributed by atoms with E-state index in [4.69, 9.17) is 5.73 Å². The maximum absolute atomic E-state index is 13.0. The van der Waals surface area contributed by atoms with Gasteiger partial charge in [0, 0.05) is 18.7 Å². The van der Waals surface area contributed by atoms with E-state index in [1.54, 1.807) is 42.3 Å². The highest BCUT2D eigenvalue weighted by Crippen LogP contribution is 2.32. The van der Waals surface area contributed by atoms with Gasteiger partial charge in [-0.1, -0.05) is 30.3 Å². The summed E-state index contributed by atoms with van der Waals surface area (Å²) in [6.45, 7) is 0.637. The Hall–Kier alpha value is -2.34. The zero-order valence-electron chi connectivity index (χ0n) is 12.6. The number of hydrogen-bond donors (Lipinski definition) is 1. The first kappa shape index (κ1) is 17.0. The molecule has 0 fully saturated rings. The zero-order valence-corrected chi connectivity index (χ0v) is 12.6. The second-order valence-corrected chi connectivity index (χ2v) is 5.39. The molecular weight excluding hydrogens is 305 g/mol. The smallest absolute Gasteiger partial charge is 0.366 e. The fraction of sp³-hybridized carbons (Fsp3) is 0.235. The molecule has 0 bridgehead atoms. The van der Waals surface area contributed by atoms with Gasteiger partial charge in [0.2, 0.25) is 5.91 Å². The van der Waals surface area contributed by atoms with Gasteiger partial charge >= 0.3 is 6.18 Å². The average Bonchev–Trinajstić information content (AvgIpc) is 2.47. The van der Waals surface area contributed by atoms with E-state index in [2.05, 4.69) is 0 Å². The number of halogens is 3. The molecule has 6 heteroatoms. The topological polar surface area (TPSA) is 46.3 Å². The summed E-state index contributed by atoms with van der Waals surface area (Å²) in [5.74, 6) is -0.510. The van der Waals surface area contributed by atoms with Gasteiger partial charge in [0.1, 0.15) is 0 Å². The summed E-state index contributed by atoms with van der Waals surface area (Å²) in [5, 5.41) is 0. The summed E-state index contributed by atoms with van der Waals surface area (Å²) < 4.78 is 39.0. The van der Waals surface area contributed by atoms with Crippen molar-refractivity contribution in [3.05, 3.63) is 70.8 Å². The van der Waals surface area contributed by atoms with E-state index in [0.29, 0.717) is 12.1 Å². The molecule has 0 unspecified atom stereocenters. The Morgan fingerprint density at radius 3 is 2.22 bits per heavy atom. The molecule has 122 valence electrons. The lowest BCUT2D eigenvalue weighted by atomic mass is 10.1. The number of carbonyl (C=O) groups is 1. The molecule has 0 aliphatic rings. The number of alkyl halides is 3. The van der Waals surface area contributed by atoms with Crippen LogP contribution in [0.5, 0.6) is 0 Å². The van der Waals surface area contributed by atoms with E-state index >= 15 is 0 Å². The molecule has 0 aromatic heterocycles. The molecule has 2 N–H and O–H groups in total. The van der Waals surface area contributed by atoms with Crippen molar-refractivity contribution in [2.24, 2.45) is 5.73 Å². The van der Waals surface area contributed by atoms with Crippen LogP contribution in [0.3, 0.4) is 0 Å². The first-order chi connectivity index (χ1) is 10.8. The molecule has 0 aliphatic carbocycles. The van der Waals surface area contributed by atoms with E-state index in [9.17, 15) is 18.0 Å². The minimum absolute atomic E-state index is 0.174. The van der Waals surface area contributed by atoms with Crippen molar-refractivity contribution in [2.45, 2.75) is 19.3 Å². The Morgan fingerprint density at radius 2 is 1.65 bits per heavy atom. The predicted octanol–water partition coefficient (Wildman–Crippen LogP) is 3.44. The molecule has 1 amide bonds. The van der Waals surface area contributed by atoms with E-state index in [-0.39, 0.29) is 12.1 Å². The predicted molar refractivity (Wildman–Crippen MR) is 81.6 cm³/mol. The molecule has 2 aromatic carbocycles. The Bertz CT molecular complexity index is 681. The molecular formula is C17H17F3N2O. The van der Waals surface area contributed by atoms with Gasteiger partial charge in [-0.25, -0.2) is 0 Å². The van der Waals surface area contributed by atoms with E-state index in [1.807, 2.05) is 0 Å². The van der Waals surface area contributed by atoms with Crippen molar-refractivity contribution in [3.8, 4) is 0 Å². The van der Waals surface area contributed by atoms with Crippen molar-refractivity contribution in [1.82, 2.24) is 4.90 Å². The third-order valence-corrected chi connectivity index (χ3v) is 3.45. The number of amides is 1. The number of carbonyl (C=O) groups excluding carboxylic acids is 1. The van der Waals surface area contributed by atoms with Crippen LogP contribution in [-0.4, -0.2) is 17.9 Å². The van der Waals surface area contributed by atoms with Crippen molar-refractivity contribution in [2.75, 3.05) is 7.05 Å². The summed E-state index contributed by atoms with van der Waals surface area (Å²) >= 11 is 0. The van der Waals surface area contributed by atoms with Gasteiger partial charge in [-0.05, 0) is 36.4 Å². The fourth-order valence-corrected chi connectivity index (χ4v) is 2.37. The molecule has 0 heterocycles. The number of nitrogens with zero attached hydrogens (tertiary/aromatic N) is 1. The standard InChI is InChI=1S/C17H17F3N2O/c1-22(10-12-6-8-13(9-7-12)16(21)23)11-14-4-2-3-5-15(14)17(18,19)20/h2-9H,10-11H2,1H3,(H2,21,23). The minimum atomic E-state index is -4.36. The number of primary amides is 1. The number of nitrogens with two attached hydrogens (primary N) is 1. The largest absolute Gasteiger partial charge is 0.416 e. The lowest BCUT2D eigenvalue weighted by molar-refractivity contribution is -0.138. The Labute approximate surface area is 132 Å². The second-order valence-electron chi connectivity index (χ2n) is 5.39. The lowest BCUT2D eigenvalue weighted by Gasteiger charge is -2.20. The van der Waals surface area contributed by atoms with Crippen molar-refractivity contribution in [3.63, 3.8) is 0 Å².